The second-order valence-electron chi connectivity index (χ2n) is 5.17. The molecule has 2 aromatic rings. The topological polar surface area (TPSA) is 50.3 Å². The molecule has 0 aliphatic heterocycles. The van der Waals surface area contributed by atoms with Gasteiger partial charge in [-0.15, -0.1) is 0 Å². The van der Waals surface area contributed by atoms with E-state index in [1.165, 1.54) is 10.5 Å². The van der Waals surface area contributed by atoms with Crippen LogP contribution >= 0.6 is 23.2 Å². The van der Waals surface area contributed by atoms with Crippen LogP contribution < -0.4 is 0 Å². The molecule has 1 aromatic heterocycles. The lowest BCUT2D eigenvalue weighted by Crippen LogP contribution is -2.33. The third kappa shape index (κ3) is 3.13. The first-order chi connectivity index (χ1) is 10.5. The molecule has 0 bridgehead atoms. The largest absolute Gasteiger partial charge is 0.263 e. The summed E-state index contributed by atoms with van der Waals surface area (Å²) >= 11 is 12.4. The van der Waals surface area contributed by atoms with Crippen LogP contribution in [0.3, 0.4) is 0 Å². The summed E-state index contributed by atoms with van der Waals surface area (Å²) in [6.07, 6.45) is 4.60. The van der Waals surface area contributed by atoms with Gasteiger partial charge in [0.25, 0.3) is 0 Å². The van der Waals surface area contributed by atoms with Crippen LogP contribution in [0.4, 0.5) is 0 Å². The molecule has 1 aliphatic rings. The van der Waals surface area contributed by atoms with Gasteiger partial charge in [-0.3, -0.25) is 4.98 Å². The summed E-state index contributed by atoms with van der Waals surface area (Å²) in [5.74, 6) is 0. The molecule has 3 rings (SSSR count). The number of aromatic nitrogens is 1. The van der Waals surface area contributed by atoms with Gasteiger partial charge in [0.2, 0.25) is 10.0 Å². The van der Waals surface area contributed by atoms with Gasteiger partial charge in [0, 0.05) is 40.6 Å². The molecule has 1 heterocycles. The lowest BCUT2D eigenvalue weighted by atomic mass is 10.2. The van der Waals surface area contributed by atoms with Gasteiger partial charge in [0.1, 0.15) is 4.90 Å². The Kier molecular flexibility index (Phi) is 4.41. The van der Waals surface area contributed by atoms with Crippen LogP contribution in [0.15, 0.2) is 47.6 Å². The first kappa shape index (κ1) is 15.7. The van der Waals surface area contributed by atoms with Crippen LogP contribution in [0, 0.1) is 0 Å². The Morgan fingerprint density at radius 2 is 1.82 bits per heavy atom. The number of pyridine rings is 1. The number of hydrogen-bond donors (Lipinski definition) is 0. The quantitative estimate of drug-likeness (QED) is 0.819. The minimum Gasteiger partial charge on any atom is -0.263 e. The minimum atomic E-state index is -3.62. The van der Waals surface area contributed by atoms with Gasteiger partial charge >= 0.3 is 0 Å². The molecular weight excluding hydrogens is 343 g/mol. The van der Waals surface area contributed by atoms with E-state index in [1.807, 2.05) is 0 Å². The number of hydrogen-bond acceptors (Lipinski definition) is 3. The first-order valence-electron chi connectivity index (χ1n) is 6.85. The van der Waals surface area contributed by atoms with E-state index in [9.17, 15) is 8.42 Å². The van der Waals surface area contributed by atoms with Crippen LogP contribution in [-0.2, 0) is 16.6 Å². The second-order valence-corrected chi connectivity index (χ2v) is 7.88. The molecule has 7 heteroatoms. The summed E-state index contributed by atoms with van der Waals surface area (Å²) in [7, 11) is -3.62. The van der Waals surface area contributed by atoms with E-state index in [0.29, 0.717) is 15.6 Å². The van der Waals surface area contributed by atoms with Crippen molar-refractivity contribution in [3.63, 3.8) is 0 Å². The van der Waals surface area contributed by atoms with Gasteiger partial charge in [0.15, 0.2) is 0 Å². The number of nitrogens with zero attached hydrogens (tertiary/aromatic N) is 2. The van der Waals surface area contributed by atoms with Gasteiger partial charge < -0.3 is 0 Å². The zero-order chi connectivity index (χ0) is 15.7. The first-order valence-corrected chi connectivity index (χ1v) is 9.04. The highest BCUT2D eigenvalue weighted by Gasteiger charge is 2.38. The summed E-state index contributed by atoms with van der Waals surface area (Å²) in [5.41, 5.74) is 0.630. The van der Waals surface area contributed by atoms with E-state index in [2.05, 4.69) is 4.98 Å². The summed E-state index contributed by atoms with van der Waals surface area (Å²) in [6.45, 7) is 0.167. The monoisotopic (exact) mass is 356 g/mol. The average molecular weight is 357 g/mol. The Morgan fingerprint density at radius 1 is 1.14 bits per heavy atom. The van der Waals surface area contributed by atoms with Crippen molar-refractivity contribution in [1.29, 1.82) is 0 Å². The summed E-state index contributed by atoms with van der Waals surface area (Å²) < 4.78 is 27.2. The molecule has 116 valence electrons. The fourth-order valence-corrected chi connectivity index (χ4v) is 4.38. The van der Waals surface area contributed by atoms with Crippen LogP contribution in [0.5, 0.6) is 0 Å². The van der Waals surface area contributed by atoms with E-state index >= 15 is 0 Å². The van der Waals surface area contributed by atoms with Crippen molar-refractivity contribution in [3.05, 3.63) is 58.3 Å². The predicted molar refractivity (Wildman–Crippen MR) is 86.4 cm³/mol. The highest BCUT2D eigenvalue weighted by atomic mass is 35.5. The van der Waals surface area contributed by atoms with Crippen molar-refractivity contribution < 1.29 is 8.42 Å². The molecule has 0 saturated heterocycles. The highest BCUT2D eigenvalue weighted by Crippen LogP contribution is 2.36. The van der Waals surface area contributed by atoms with Gasteiger partial charge in [-0.2, -0.15) is 4.31 Å². The fourth-order valence-electron chi connectivity index (χ4n) is 2.25. The molecule has 4 nitrogen and oxygen atoms in total. The van der Waals surface area contributed by atoms with E-state index < -0.39 is 10.0 Å². The lowest BCUT2D eigenvalue weighted by molar-refractivity contribution is 0.398. The molecule has 0 atom stereocenters. The van der Waals surface area contributed by atoms with Crippen molar-refractivity contribution in [3.8, 4) is 0 Å². The number of sulfonamides is 1. The van der Waals surface area contributed by atoms with Crippen molar-refractivity contribution in [1.82, 2.24) is 9.29 Å². The van der Waals surface area contributed by atoms with Gasteiger partial charge in [-0.1, -0.05) is 29.3 Å². The Hall–Kier alpha value is -1.14. The zero-order valence-electron chi connectivity index (χ0n) is 11.6. The van der Waals surface area contributed by atoms with Crippen LogP contribution in [0.25, 0.3) is 0 Å². The van der Waals surface area contributed by atoms with Crippen LogP contribution in [0.1, 0.15) is 18.4 Å². The number of halogens is 2. The molecule has 1 aliphatic carbocycles. The summed E-state index contributed by atoms with van der Waals surface area (Å²) in [5, 5.41) is 0.944. The summed E-state index contributed by atoms with van der Waals surface area (Å²) in [6, 6.07) is 8.32. The molecule has 22 heavy (non-hydrogen) atoms. The zero-order valence-corrected chi connectivity index (χ0v) is 13.9. The van der Waals surface area contributed by atoms with Crippen LogP contribution in [0.2, 0.25) is 10.0 Å². The fraction of sp³-hybridized carbons (Fsp3) is 0.267. The van der Waals surface area contributed by atoms with E-state index in [-0.39, 0.29) is 17.5 Å². The maximum absolute atomic E-state index is 12.8. The second kappa shape index (κ2) is 6.16. The van der Waals surface area contributed by atoms with Crippen LogP contribution in [-0.4, -0.2) is 23.7 Å². The van der Waals surface area contributed by atoms with Gasteiger partial charge in [0.05, 0.1) is 0 Å². The van der Waals surface area contributed by atoms with E-state index in [1.54, 1.807) is 36.5 Å². The lowest BCUT2D eigenvalue weighted by Gasteiger charge is -2.23. The van der Waals surface area contributed by atoms with Crippen molar-refractivity contribution in [2.75, 3.05) is 0 Å². The van der Waals surface area contributed by atoms with E-state index in [0.717, 1.165) is 12.8 Å². The molecule has 1 fully saturated rings. The Balaban J connectivity index is 1.98. The number of benzene rings is 1. The van der Waals surface area contributed by atoms with E-state index in [4.69, 9.17) is 23.2 Å². The molecule has 1 aromatic carbocycles. The molecule has 0 unspecified atom stereocenters. The predicted octanol–water partition coefficient (Wildman–Crippen LogP) is 3.74. The molecule has 0 spiro atoms. The average Bonchev–Trinajstić information content (AvgIpc) is 3.32. The number of rotatable bonds is 5. The van der Waals surface area contributed by atoms with Gasteiger partial charge in [-0.05, 0) is 37.1 Å². The Labute approximate surface area is 139 Å². The molecule has 0 radical (unpaired) electrons. The molecule has 0 amide bonds. The van der Waals surface area contributed by atoms with Gasteiger partial charge in [-0.25, -0.2) is 8.42 Å². The Bertz CT molecular complexity index is 757. The van der Waals surface area contributed by atoms with Crippen molar-refractivity contribution in [2.24, 2.45) is 0 Å². The van der Waals surface area contributed by atoms with Crippen molar-refractivity contribution in [2.45, 2.75) is 30.3 Å². The smallest absolute Gasteiger partial charge is 0.245 e. The maximum atomic E-state index is 12.8. The normalized spacial score (nSPS) is 15.2. The standard InChI is InChI=1S/C15H14Cl2N2O2S/c16-14-4-1-5-15(17)13(14)10-19(11-6-7-11)22(20,21)12-3-2-8-18-9-12/h1-5,8-9,11H,6-7,10H2. The summed E-state index contributed by atoms with van der Waals surface area (Å²) in [4.78, 5) is 4.08. The maximum Gasteiger partial charge on any atom is 0.245 e. The molecular formula is C15H14Cl2N2O2S. The minimum absolute atomic E-state index is 0.00227. The third-order valence-corrected chi connectivity index (χ3v) is 6.16. The SMILES string of the molecule is O=S(=O)(c1cccnc1)N(Cc1c(Cl)cccc1Cl)C1CC1. The third-order valence-electron chi connectivity index (χ3n) is 3.57. The van der Waals surface area contributed by atoms with Crippen molar-refractivity contribution >= 4 is 33.2 Å². The Morgan fingerprint density at radius 3 is 2.36 bits per heavy atom. The molecule has 1 saturated carbocycles. The highest BCUT2D eigenvalue weighted by molar-refractivity contribution is 7.89. The molecule has 0 N–H and O–H groups in total.